The van der Waals surface area contributed by atoms with Crippen molar-refractivity contribution in [1.82, 2.24) is 5.32 Å². The van der Waals surface area contributed by atoms with Gasteiger partial charge in [0.2, 0.25) is 5.24 Å². The highest BCUT2D eigenvalue weighted by Gasteiger charge is 2.09. The fourth-order valence-corrected chi connectivity index (χ4v) is 0.669. The molecular formula is C9H19ClN4O3. The van der Waals surface area contributed by atoms with E-state index in [1.165, 1.54) is 0 Å². The summed E-state index contributed by atoms with van der Waals surface area (Å²) < 4.78 is 0. The van der Waals surface area contributed by atoms with Gasteiger partial charge in [-0.05, 0) is 24.4 Å². The summed E-state index contributed by atoms with van der Waals surface area (Å²) in [5, 5.41) is 17.4. The van der Waals surface area contributed by atoms with E-state index in [2.05, 4.69) is 5.32 Å². The first-order valence-corrected chi connectivity index (χ1v) is 5.43. The van der Waals surface area contributed by atoms with Crippen LogP contribution in [0.3, 0.4) is 0 Å². The highest BCUT2D eigenvalue weighted by molar-refractivity contribution is 6.63. The van der Waals surface area contributed by atoms with Crippen LogP contribution in [-0.2, 0) is 9.59 Å². The molecule has 0 heterocycles. The molecule has 0 saturated carbocycles. The molecule has 0 aliphatic carbocycles. The van der Waals surface area contributed by atoms with Crippen molar-refractivity contribution in [3.8, 4) is 0 Å². The van der Waals surface area contributed by atoms with Crippen molar-refractivity contribution in [2.75, 3.05) is 6.54 Å². The second kappa shape index (κ2) is 11.2. The van der Waals surface area contributed by atoms with Crippen molar-refractivity contribution >= 4 is 28.8 Å². The van der Waals surface area contributed by atoms with Crippen molar-refractivity contribution in [3.05, 3.63) is 0 Å². The topological polar surface area (TPSA) is 142 Å². The van der Waals surface area contributed by atoms with Crippen molar-refractivity contribution in [1.29, 1.82) is 5.41 Å². The fraction of sp³-hybridized carbons (Fsp3) is 0.667. The van der Waals surface area contributed by atoms with E-state index in [4.69, 9.17) is 33.6 Å². The van der Waals surface area contributed by atoms with Crippen LogP contribution in [-0.4, -0.2) is 34.9 Å². The lowest BCUT2D eigenvalue weighted by Crippen LogP contribution is -2.34. The van der Waals surface area contributed by atoms with Gasteiger partial charge >= 0.3 is 5.97 Å². The monoisotopic (exact) mass is 266 g/mol. The van der Waals surface area contributed by atoms with Crippen LogP contribution >= 0.6 is 11.6 Å². The minimum absolute atomic E-state index is 0.112. The highest BCUT2D eigenvalue weighted by atomic mass is 35.5. The predicted octanol–water partition coefficient (Wildman–Crippen LogP) is -0.177. The third-order valence-corrected chi connectivity index (χ3v) is 1.87. The number of hydrogen-bond acceptors (Lipinski definition) is 4. The number of carbonyl (C=O) groups is 2. The van der Waals surface area contributed by atoms with Crippen LogP contribution in [0.2, 0.25) is 0 Å². The zero-order valence-corrected chi connectivity index (χ0v) is 10.5. The van der Waals surface area contributed by atoms with E-state index in [0.29, 0.717) is 25.8 Å². The van der Waals surface area contributed by atoms with Crippen molar-refractivity contribution in [2.45, 2.75) is 32.2 Å². The van der Waals surface area contributed by atoms with E-state index in [9.17, 15) is 9.59 Å². The molecule has 0 rings (SSSR count). The van der Waals surface area contributed by atoms with Gasteiger partial charge in [-0.2, -0.15) is 0 Å². The third-order valence-electron chi connectivity index (χ3n) is 1.60. The van der Waals surface area contributed by atoms with Gasteiger partial charge < -0.3 is 21.9 Å². The molecular weight excluding hydrogens is 248 g/mol. The molecule has 0 radical (unpaired) electrons. The maximum Gasteiger partial charge on any atom is 0.320 e. The summed E-state index contributed by atoms with van der Waals surface area (Å²) in [7, 11) is 0. The lowest BCUT2D eigenvalue weighted by atomic mass is 10.2. The van der Waals surface area contributed by atoms with Crippen LogP contribution in [0, 0.1) is 5.41 Å². The van der Waals surface area contributed by atoms with Gasteiger partial charge in [-0.25, -0.2) is 0 Å². The number of carboxylic acids is 1. The largest absolute Gasteiger partial charge is 0.480 e. The molecule has 0 spiro atoms. The highest BCUT2D eigenvalue weighted by Crippen LogP contribution is 1.92. The van der Waals surface area contributed by atoms with Crippen LogP contribution in [0.15, 0.2) is 0 Å². The van der Waals surface area contributed by atoms with Crippen LogP contribution in [0.4, 0.5) is 0 Å². The maximum atomic E-state index is 10.2. The summed E-state index contributed by atoms with van der Waals surface area (Å²) in [4.78, 5) is 19.8. The molecule has 7 N–H and O–H groups in total. The molecule has 1 atom stereocenters. The Hall–Kier alpha value is -1.34. The molecule has 0 aromatic carbocycles. The lowest BCUT2D eigenvalue weighted by Gasteiger charge is -2.06. The molecule has 0 amide bonds. The Morgan fingerprint density at radius 3 is 2.29 bits per heavy atom. The van der Waals surface area contributed by atoms with E-state index in [1.807, 2.05) is 0 Å². The second-order valence-corrected chi connectivity index (χ2v) is 3.56. The summed E-state index contributed by atoms with van der Waals surface area (Å²) in [5.41, 5.74) is 10.2. The summed E-state index contributed by atoms with van der Waals surface area (Å²) in [6.45, 7) is 2.20. The summed E-state index contributed by atoms with van der Waals surface area (Å²) >= 11 is 4.82. The Labute approximate surface area is 105 Å². The second-order valence-electron chi connectivity index (χ2n) is 3.14. The van der Waals surface area contributed by atoms with E-state index in [-0.39, 0.29) is 11.2 Å². The summed E-state index contributed by atoms with van der Waals surface area (Å²) in [6, 6.07) is -0.821. The van der Waals surface area contributed by atoms with Crippen molar-refractivity contribution < 1.29 is 14.7 Å². The molecule has 0 saturated heterocycles. The number of hydrogen-bond donors (Lipinski definition) is 5. The molecule has 17 heavy (non-hydrogen) atoms. The number of carbonyl (C=O) groups excluding carboxylic acids is 1. The number of guanidine groups is 1. The zero-order chi connectivity index (χ0) is 13.8. The first kappa shape index (κ1) is 18.0. The summed E-state index contributed by atoms with van der Waals surface area (Å²) in [6.07, 6.45) is 1.41. The van der Waals surface area contributed by atoms with Crippen molar-refractivity contribution in [3.63, 3.8) is 0 Å². The molecule has 7 nitrogen and oxygen atoms in total. The van der Waals surface area contributed by atoms with Gasteiger partial charge in [0.05, 0.1) is 0 Å². The quantitative estimate of drug-likeness (QED) is 0.195. The minimum Gasteiger partial charge on any atom is -0.480 e. The fourth-order valence-electron chi connectivity index (χ4n) is 0.669. The molecule has 0 aliphatic heterocycles. The Morgan fingerprint density at radius 2 is 2.00 bits per heavy atom. The molecule has 1 unspecified atom stereocenters. The number of rotatable bonds is 6. The Kier molecular flexibility index (Phi) is 11.8. The SMILES string of the molecule is CCC(=O)Cl.N=C(N)NCCCC(N)C(=O)O. The van der Waals surface area contributed by atoms with Gasteiger partial charge in [0.25, 0.3) is 0 Å². The number of carboxylic acid groups (broad SMARTS) is 1. The number of aliphatic carboxylic acids is 1. The van der Waals surface area contributed by atoms with Crippen LogP contribution < -0.4 is 16.8 Å². The molecule has 0 aromatic rings. The van der Waals surface area contributed by atoms with E-state index in [0.717, 1.165) is 0 Å². The van der Waals surface area contributed by atoms with Crippen LogP contribution in [0.5, 0.6) is 0 Å². The average Bonchev–Trinajstić information content (AvgIpc) is 2.24. The molecule has 0 bridgehead atoms. The Balaban J connectivity index is 0. The van der Waals surface area contributed by atoms with Gasteiger partial charge in [-0.15, -0.1) is 0 Å². The third kappa shape index (κ3) is 17.3. The summed E-state index contributed by atoms with van der Waals surface area (Å²) in [5.74, 6) is -1.11. The smallest absolute Gasteiger partial charge is 0.320 e. The Morgan fingerprint density at radius 1 is 1.53 bits per heavy atom. The molecule has 8 heteroatoms. The lowest BCUT2D eigenvalue weighted by molar-refractivity contribution is -0.138. The van der Waals surface area contributed by atoms with Crippen molar-refractivity contribution in [2.24, 2.45) is 11.5 Å². The predicted molar refractivity (Wildman–Crippen MR) is 65.9 cm³/mol. The Bertz CT molecular complexity index is 261. The molecule has 0 aliphatic rings. The van der Waals surface area contributed by atoms with Gasteiger partial charge in [-0.1, -0.05) is 6.92 Å². The number of nitrogens with two attached hydrogens (primary N) is 2. The maximum absolute atomic E-state index is 10.2. The first-order chi connectivity index (χ1) is 7.81. The number of halogens is 1. The average molecular weight is 267 g/mol. The minimum atomic E-state index is -1.00. The van der Waals surface area contributed by atoms with Crippen LogP contribution in [0.25, 0.3) is 0 Å². The standard InChI is InChI=1S/C6H14N4O2.C3H5ClO/c7-4(5(11)12)2-1-3-10-6(8)9;1-2-3(4)5/h4H,1-3,7H2,(H,11,12)(H4,8,9,10);2H2,1H3. The van der Waals surface area contributed by atoms with Gasteiger partial charge in [0, 0.05) is 13.0 Å². The van der Waals surface area contributed by atoms with Gasteiger partial charge in [0.1, 0.15) is 6.04 Å². The van der Waals surface area contributed by atoms with E-state index < -0.39 is 12.0 Å². The first-order valence-electron chi connectivity index (χ1n) is 5.05. The molecule has 0 fully saturated rings. The number of nitrogens with one attached hydrogen (secondary N) is 2. The molecule has 100 valence electrons. The van der Waals surface area contributed by atoms with E-state index in [1.54, 1.807) is 6.92 Å². The zero-order valence-electron chi connectivity index (χ0n) is 9.70. The van der Waals surface area contributed by atoms with Gasteiger partial charge in [0.15, 0.2) is 5.96 Å². The normalized spacial score (nSPS) is 10.8. The van der Waals surface area contributed by atoms with E-state index >= 15 is 0 Å². The molecule has 0 aromatic heterocycles. The van der Waals surface area contributed by atoms with Gasteiger partial charge in [-0.3, -0.25) is 15.0 Å². The van der Waals surface area contributed by atoms with Crippen LogP contribution in [0.1, 0.15) is 26.2 Å².